The zero-order valence-corrected chi connectivity index (χ0v) is 18.9. The summed E-state index contributed by atoms with van der Waals surface area (Å²) in [6.07, 6.45) is 3.12. The van der Waals surface area contributed by atoms with Gasteiger partial charge in [-0.3, -0.25) is 9.69 Å². The summed E-state index contributed by atoms with van der Waals surface area (Å²) < 4.78 is 26.4. The van der Waals surface area contributed by atoms with Crippen LogP contribution >= 0.6 is 0 Å². The summed E-state index contributed by atoms with van der Waals surface area (Å²) in [5.74, 6) is -0.202. The minimum Gasteiger partial charge on any atom is -0.348 e. The number of carbonyl (C=O) groups is 1. The topological polar surface area (TPSA) is 78.5 Å². The van der Waals surface area contributed by atoms with Crippen molar-refractivity contribution in [3.8, 4) is 0 Å². The first-order chi connectivity index (χ1) is 14.2. The van der Waals surface area contributed by atoms with Crippen LogP contribution in [0, 0.1) is 0 Å². The fraction of sp³-hybridized carbons (Fsp3) is 0.348. The highest BCUT2D eigenvalue weighted by Crippen LogP contribution is 2.13. The van der Waals surface area contributed by atoms with E-state index in [2.05, 4.69) is 41.9 Å². The molecular formula is C23H31N3O3S. The number of sulfonamides is 1. The summed E-state index contributed by atoms with van der Waals surface area (Å²) in [7, 11) is -1.39. The number of nitrogens with zero attached hydrogens (tertiary/aromatic N) is 1. The fourth-order valence-electron chi connectivity index (χ4n) is 2.78. The van der Waals surface area contributed by atoms with Gasteiger partial charge in [-0.25, -0.2) is 13.1 Å². The fourth-order valence-corrected chi connectivity index (χ4v) is 3.82. The monoisotopic (exact) mass is 429 g/mol. The first-order valence-corrected chi connectivity index (χ1v) is 11.5. The maximum absolute atomic E-state index is 12.2. The molecule has 0 aliphatic rings. The normalized spacial score (nSPS) is 12.1. The number of hydrogen-bond donors (Lipinski definition) is 2. The van der Waals surface area contributed by atoms with Crippen LogP contribution in [0.25, 0.3) is 6.08 Å². The van der Waals surface area contributed by atoms with Crippen molar-refractivity contribution in [3.05, 3.63) is 71.3 Å². The van der Waals surface area contributed by atoms with Crippen LogP contribution in [0.1, 0.15) is 37.5 Å². The molecule has 2 rings (SSSR count). The van der Waals surface area contributed by atoms with Gasteiger partial charge in [-0.05, 0) is 55.8 Å². The standard InChI is InChI=1S/C23H31N3O3S/c1-5-25-30(28,29)22-13-10-19(11-14-22)12-15-23(27)24-16-20-8-6-7-9-21(20)17-26(4)18(2)3/h6-15,18,25H,5,16-17H2,1-4H3,(H,24,27). The number of benzene rings is 2. The van der Waals surface area contributed by atoms with Gasteiger partial charge in [0.2, 0.25) is 15.9 Å². The van der Waals surface area contributed by atoms with E-state index in [1.165, 1.54) is 23.8 Å². The number of hydrogen-bond acceptors (Lipinski definition) is 4. The molecule has 0 aliphatic carbocycles. The van der Waals surface area contributed by atoms with Crippen molar-refractivity contribution in [2.24, 2.45) is 0 Å². The Morgan fingerprint density at radius 3 is 2.30 bits per heavy atom. The summed E-state index contributed by atoms with van der Waals surface area (Å²) >= 11 is 0. The van der Waals surface area contributed by atoms with Gasteiger partial charge in [0, 0.05) is 31.8 Å². The number of carbonyl (C=O) groups excluding carboxylic acids is 1. The third-order valence-corrected chi connectivity index (χ3v) is 6.39. The Bertz CT molecular complexity index is 967. The van der Waals surface area contributed by atoms with E-state index in [-0.39, 0.29) is 10.8 Å². The Morgan fingerprint density at radius 1 is 1.07 bits per heavy atom. The van der Waals surface area contributed by atoms with Gasteiger partial charge in [0.05, 0.1) is 4.90 Å². The van der Waals surface area contributed by atoms with Crippen LogP contribution < -0.4 is 10.0 Å². The van der Waals surface area contributed by atoms with Gasteiger partial charge in [0.15, 0.2) is 0 Å². The van der Waals surface area contributed by atoms with Crippen LogP contribution in [-0.2, 0) is 27.9 Å². The van der Waals surface area contributed by atoms with E-state index in [1.54, 1.807) is 25.1 Å². The average Bonchev–Trinajstić information content (AvgIpc) is 2.71. The van der Waals surface area contributed by atoms with Gasteiger partial charge in [0.25, 0.3) is 0 Å². The van der Waals surface area contributed by atoms with Crippen molar-refractivity contribution in [1.29, 1.82) is 0 Å². The van der Waals surface area contributed by atoms with Crippen LogP contribution in [0.3, 0.4) is 0 Å². The van der Waals surface area contributed by atoms with Gasteiger partial charge in [-0.15, -0.1) is 0 Å². The molecule has 0 bridgehead atoms. The largest absolute Gasteiger partial charge is 0.348 e. The van der Waals surface area contributed by atoms with E-state index in [0.29, 0.717) is 19.1 Å². The SMILES string of the molecule is CCNS(=O)(=O)c1ccc(C=CC(=O)NCc2ccccc2CN(C)C(C)C)cc1. The molecule has 1 amide bonds. The predicted octanol–water partition coefficient (Wildman–Crippen LogP) is 3.15. The third-order valence-electron chi connectivity index (χ3n) is 4.82. The van der Waals surface area contributed by atoms with Crippen molar-refractivity contribution >= 4 is 22.0 Å². The van der Waals surface area contributed by atoms with E-state index >= 15 is 0 Å². The van der Waals surface area contributed by atoms with Crippen LogP contribution in [0.4, 0.5) is 0 Å². The molecule has 7 heteroatoms. The molecule has 0 aromatic heterocycles. The van der Waals surface area contributed by atoms with Gasteiger partial charge in [0.1, 0.15) is 0 Å². The van der Waals surface area contributed by atoms with E-state index in [1.807, 2.05) is 18.2 Å². The molecule has 0 fully saturated rings. The molecule has 0 spiro atoms. The molecule has 0 radical (unpaired) electrons. The van der Waals surface area contributed by atoms with Crippen molar-refractivity contribution < 1.29 is 13.2 Å². The molecule has 0 atom stereocenters. The van der Waals surface area contributed by atoms with Crippen molar-refractivity contribution in [1.82, 2.24) is 14.9 Å². The van der Waals surface area contributed by atoms with Gasteiger partial charge in [-0.1, -0.05) is 43.3 Å². The van der Waals surface area contributed by atoms with Gasteiger partial charge in [-0.2, -0.15) is 0 Å². The quantitative estimate of drug-likeness (QED) is 0.569. The molecule has 2 aromatic rings. The van der Waals surface area contributed by atoms with Crippen molar-refractivity contribution in [3.63, 3.8) is 0 Å². The first kappa shape index (κ1) is 23.8. The van der Waals surface area contributed by atoms with Crippen LogP contribution in [-0.4, -0.2) is 38.9 Å². The molecule has 0 saturated carbocycles. The zero-order chi connectivity index (χ0) is 22.1. The molecule has 0 heterocycles. The lowest BCUT2D eigenvalue weighted by atomic mass is 10.1. The maximum Gasteiger partial charge on any atom is 0.244 e. The zero-order valence-electron chi connectivity index (χ0n) is 18.1. The molecule has 0 unspecified atom stereocenters. The van der Waals surface area contributed by atoms with Gasteiger partial charge < -0.3 is 5.32 Å². The predicted molar refractivity (Wildman–Crippen MR) is 121 cm³/mol. The second-order valence-corrected chi connectivity index (χ2v) is 9.17. The lowest BCUT2D eigenvalue weighted by Gasteiger charge is -2.22. The smallest absolute Gasteiger partial charge is 0.244 e. The first-order valence-electron chi connectivity index (χ1n) is 10.1. The highest BCUT2D eigenvalue weighted by atomic mass is 32.2. The Hall–Kier alpha value is -2.48. The Kier molecular flexibility index (Phi) is 8.77. The van der Waals surface area contributed by atoms with E-state index < -0.39 is 10.0 Å². The number of amides is 1. The van der Waals surface area contributed by atoms with Crippen LogP contribution in [0.15, 0.2) is 59.5 Å². The van der Waals surface area contributed by atoms with Gasteiger partial charge >= 0.3 is 0 Å². The summed E-state index contributed by atoms with van der Waals surface area (Å²) in [4.78, 5) is 14.7. The molecule has 6 nitrogen and oxygen atoms in total. The number of rotatable bonds is 10. The molecule has 2 aromatic carbocycles. The highest BCUT2D eigenvalue weighted by molar-refractivity contribution is 7.89. The van der Waals surface area contributed by atoms with Crippen LogP contribution in [0.5, 0.6) is 0 Å². The van der Waals surface area contributed by atoms with Crippen LogP contribution in [0.2, 0.25) is 0 Å². The Morgan fingerprint density at radius 2 is 1.70 bits per heavy atom. The number of nitrogens with one attached hydrogen (secondary N) is 2. The second kappa shape index (κ2) is 11.1. The second-order valence-electron chi connectivity index (χ2n) is 7.40. The summed E-state index contributed by atoms with van der Waals surface area (Å²) in [5, 5.41) is 2.91. The minimum atomic E-state index is -3.47. The molecule has 0 aliphatic heterocycles. The lowest BCUT2D eigenvalue weighted by Crippen LogP contribution is -2.27. The maximum atomic E-state index is 12.2. The average molecular weight is 430 g/mol. The molecule has 162 valence electrons. The van der Waals surface area contributed by atoms with E-state index in [9.17, 15) is 13.2 Å². The lowest BCUT2D eigenvalue weighted by molar-refractivity contribution is -0.116. The van der Waals surface area contributed by atoms with E-state index in [4.69, 9.17) is 0 Å². The third kappa shape index (κ3) is 7.09. The minimum absolute atomic E-state index is 0.202. The summed E-state index contributed by atoms with van der Waals surface area (Å²) in [6.45, 7) is 7.64. The molecule has 2 N–H and O–H groups in total. The summed E-state index contributed by atoms with van der Waals surface area (Å²) in [5.41, 5.74) is 3.03. The Labute approximate surface area is 180 Å². The van der Waals surface area contributed by atoms with E-state index in [0.717, 1.165) is 17.7 Å². The molecular weight excluding hydrogens is 398 g/mol. The van der Waals surface area contributed by atoms with Crippen molar-refractivity contribution in [2.75, 3.05) is 13.6 Å². The molecule has 30 heavy (non-hydrogen) atoms. The van der Waals surface area contributed by atoms with Crippen molar-refractivity contribution in [2.45, 2.75) is 44.8 Å². The highest BCUT2D eigenvalue weighted by Gasteiger charge is 2.11. The Balaban J connectivity index is 1.96. The molecule has 0 saturated heterocycles. The summed E-state index contributed by atoms with van der Waals surface area (Å²) in [6, 6.07) is 14.9.